The van der Waals surface area contributed by atoms with Crippen LogP contribution in [-0.4, -0.2) is 65.3 Å². The van der Waals surface area contributed by atoms with Gasteiger partial charge in [-0.1, -0.05) is 13.0 Å². The maximum Gasteiger partial charge on any atom is 0.416 e. The highest BCUT2D eigenvalue weighted by Crippen LogP contribution is 2.35. The predicted octanol–water partition coefficient (Wildman–Crippen LogP) is 2.02. The maximum absolute atomic E-state index is 13.5. The number of hydrogen-bond acceptors (Lipinski definition) is 7. The first-order valence-electron chi connectivity index (χ1n) is 12.3. The van der Waals surface area contributed by atoms with Crippen molar-refractivity contribution >= 4 is 35.0 Å². The molecule has 0 aliphatic carbocycles. The second-order valence-corrected chi connectivity index (χ2v) is 10.0. The summed E-state index contributed by atoms with van der Waals surface area (Å²) < 4.78 is 49.2. The summed E-state index contributed by atoms with van der Waals surface area (Å²) in [7, 11) is 1.44. The van der Waals surface area contributed by atoms with Gasteiger partial charge in [0.2, 0.25) is 5.91 Å². The fraction of sp³-hybridized carbons (Fsp3) is 0.458. The lowest BCUT2D eigenvalue weighted by atomic mass is 9.96. The molecule has 2 aromatic rings. The van der Waals surface area contributed by atoms with Crippen LogP contribution in [-0.2, 0) is 22.3 Å². The first kappa shape index (κ1) is 26.1. The molecule has 1 saturated heterocycles. The van der Waals surface area contributed by atoms with E-state index < -0.39 is 47.3 Å². The lowest BCUT2D eigenvalue weighted by Gasteiger charge is -2.28. The number of nitrogens with one attached hydrogen (secondary N) is 3. The van der Waals surface area contributed by atoms with Crippen LogP contribution >= 0.6 is 11.3 Å². The number of fused-ring (bicyclic) bond motifs is 2. The normalized spacial score (nSPS) is 20.6. The third-order valence-corrected chi connectivity index (χ3v) is 7.47. The molecule has 0 unspecified atom stereocenters. The van der Waals surface area contributed by atoms with Crippen molar-refractivity contribution in [3.8, 4) is 0 Å². The number of carbonyl (C=O) groups is 4. The number of aryl methyl sites for hydroxylation is 1. The van der Waals surface area contributed by atoms with Crippen molar-refractivity contribution in [3.63, 3.8) is 0 Å². The summed E-state index contributed by atoms with van der Waals surface area (Å²) in [6.45, 7) is 3.56. The van der Waals surface area contributed by atoms with Crippen molar-refractivity contribution < 1.29 is 33.7 Å². The third-order valence-electron chi connectivity index (χ3n) is 6.32. The Balaban J connectivity index is 1.53. The van der Waals surface area contributed by atoms with Gasteiger partial charge in [-0.2, -0.15) is 13.2 Å². The van der Waals surface area contributed by atoms with E-state index in [1.54, 1.807) is 11.9 Å². The van der Waals surface area contributed by atoms with E-state index in [9.17, 15) is 32.3 Å². The third kappa shape index (κ3) is 5.50. The molecule has 0 saturated carbocycles. The molecule has 38 heavy (non-hydrogen) atoms. The molecular weight excluding hydrogens is 525 g/mol. The lowest BCUT2D eigenvalue weighted by Crippen LogP contribution is -2.47. The van der Waals surface area contributed by atoms with Crippen LogP contribution in [0.4, 0.5) is 13.2 Å². The van der Waals surface area contributed by atoms with Gasteiger partial charge < -0.3 is 16.0 Å². The molecule has 1 aromatic heterocycles. The molecule has 3 N–H and O–H groups in total. The summed E-state index contributed by atoms with van der Waals surface area (Å²) in [5, 5.41) is 10.4. The maximum atomic E-state index is 13.5. The van der Waals surface area contributed by atoms with Crippen LogP contribution < -0.4 is 16.0 Å². The molecule has 10 nitrogen and oxygen atoms in total. The first-order valence-corrected chi connectivity index (χ1v) is 12.6. The van der Waals surface area contributed by atoms with Crippen LogP contribution in [0.2, 0.25) is 0 Å². The summed E-state index contributed by atoms with van der Waals surface area (Å²) in [5.74, 6) is -3.42. The zero-order chi connectivity index (χ0) is 28.7. The Morgan fingerprint density at radius 2 is 2.00 bits per heavy atom. The van der Waals surface area contributed by atoms with Crippen molar-refractivity contribution in [2.24, 2.45) is 5.92 Å². The molecule has 0 bridgehead atoms. The Morgan fingerprint density at radius 3 is 2.68 bits per heavy atom. The van der Waals surface area contributed by atoms with Crippen molar-refractivity contribution in [1.82, 2.24) is 31.0 Å². The number of aromatic nitrogens is 1. The topological polar surface area (TPSA) is 124 Å². The smallest absolute Gasteiger partial charge is 0.353 e. The van der Waals surface area contributed by atoms with Crippen LogP contribution in [0, 0.1) is 12.8 Å². The molecule has 0 radical (unpaired) electrons. The van der Waals surface area contributed by atoms with Crippen molar-refractivity contribution in [2.75, 3.05) is 26.7 Å². The van der Waals surface area contributed by atoms with Gasteiger partial charge in [-0.3, -0.25) is 24.2 Å². The minimum absolute atomic E-state index is 0.0145. The van der Waals surface area contributed by atoms with E-state index in [0.29, 0.717) is 18.7 Å². The Kier molecular flexibility index (Phi) is 7.34. The summed E-state index contributed by atoms with van der Waals surface area (Å²) in [6, 6.07) is 0.398. The van der Waals surface area contributed by atoms with Gasteiger partial charge in [-0.15, -0.1) is 11.3 Å². The predicted molar refractivity (Wildman–Crippen MR) is 131 cm³/mol. The van der Waals surface area contributed by atoms with Crippen LogP contribution in [0.25, 0.3) is 0 Å². The number of benzene rings is 1. The molecule has 0 spiro atoms. The minimum Gasteiger partial charge on any atom is -0.353 e. The number of alkyl halides is 3. The largest absolute Gasteiger partial charge is 0.416 e. The van der Waals surface area contributed by atoms with E-state index in [4.69, 9.17) is 1.37 Å². The number of thiazole rings is 1. The molecule has 3 heterocycles. The zero-order valence-corrected chi connectivity index (χ0v) is 21.7. The van der Waals surface area contributed by atoms with Gasteiger partial charge in [0.05, 0.1) is 18.5 Å². The summed E-state index contributed by atoms with van der Waals surface area (Å²) in [6.07, 6.45) is -4.04. The number of hydrogen-bond donors (Lipinski definition) is 3. The van der Waals surface area contributed by atoms with Crippen molar-refractivity contribution in [3.05, 3.63) is 50.5 Å². The Bertz CT molecular complexity index is 1340. The van der Waals surface area contributed by atoms with Crippen LogP contribution in [0.1, 0.15) is 62.6 Å². The molecule has 2 aliphatic rings. The Labute approximate surface area is 221 Å². The fourth-order valence-electron chi connectivity index (χ4n) is 4.24. The van der Waals surface area contributed by atoms with Gasteiger partial charge in [0.1, 0.15) is 10.9 Å². The molecule has 4 amide bonds. The molecule has 4 rings (SSSR count). The molecule has 14 heteroatoms. The van der Waals surface area contributed by atoms with E-state index in [0.717, 1.165) is 29.5 Å². The standard InChI is InChI=1S/C24H27F3N6O4S/c1-12(10-29-20(35)18-13(2)30-22(38-18)21(36)28-3)19(34)31-17-16-6-5-15(24(25,26)27)9-14(16)11-32-7-4-8-33(32)23(17)37/h5-6,9,12,17H,4,7-8,10-11H2,1-3H3,(H,28,36)(H,29,35)(H,31,34)/t12-,17+/m1/s1/i17D. The van der Waals surface area contributed by atoms with E-state index in [2.05, 4.69) is 20.9 Å². The summed E-state index contributed by atoms with van der Waals surface area (Å²) in [5.41, 5.74) is -0.496. The highest BCUT2D eigenvalue weighted by molar-refractivity contribution is 7.15. The molecule has 2 aliphatic heterocycles. The molecule has 204 valence electrons. The van der Waals surface area contributed by atoms with E-state index in [-0.39, 0.29) is 40.6 Å². The van der Waals surface area contributed by atoms with Gasteiger partial charge >= 0.3 is 6.18 Å². The van der Waals surface area contributed by atoms with E-state index in [1.807, 2.05) is 0 Å². The zero-order valence-electron chi connectivity index (χ0n) is 21.9. The fourth-order valence-corrected chi connectivity index (χ4v) is 5.17. The molecule has 1 aromatic carbocycles. The highest BCUT2D eigenvalue weighted by atomic mass is 32.1. The monoisotopic (exact) mass is 553 g/mol. The van der Waals surface area contributed by atoms with Crippen molar-refractivity contribution in [1.29, 1.82) is 0 Å². The van der Waals surface area contributed by atoms with E-state index >= 15 is 0 Å². The van der Waals surface area contributed by atoms with Gasteiger partial charge in [-0.05, 0) is 36.6 Å². The average molecular weight is 554 g/mol. The van der Waals surface area contributed by atoms with Crippen LogP contribution in [0.3, 0.4) is 0 Å². The highest BCUT2D eigenvalue weighted by Gasteiger charge is 2.40. The number of halogens is 3. The number of rotatable bonds is 6. The van der Waals surface area contributed by atoms with Gasteiger partial charge in [0, 0.05) is 33.2 Å². The average Bonchev–Trinajstić information content (AvgIpc) is 3.49. The SMILES string of the molecule is [2H][C@@]1(NC(=O)[C@H](C)CNC(=O)c2sc(C(=O)NC)nc2C)C(=O)N2CCCN2Cc2cc(C(F)(F)F)ccc21. The van der Waals surface area contributed by atoms with Gasteiger partial charge in [0.25, 0.3) is 17.7 Å². The van der Waals surface area contributed by atoms with Gasteiger partial charge in [0.15, 0.2) is 5.01 Å². The molecular formula is C24H27F3N6O4S. The number of amides is 4. The quantitative estimate of drug-likeness (QED) is 0.503. The lowest BCUT2D eigenvalue weighted by molar-refractivity contribution is -0.148. The second-order valence-electron chi connectivity index (χ2n) is 9.03. The van der Waals surface area contributed by atoms with Crippen LogP contribution in [0.15, 0.2) is 18.2 Å². The second kappa shape index (κ2) is 10.7. The van der Waals surface area contributed by atoms with Gasteiger partial charge in [-0.25, -0.2) is 9.99 Å². The number of carbonyl (C=O) groups excluding carboxylic acids is 4. The molecule has 1 fully saturated rings. The Morgan fingerprint density at radius 1 is 1.26 bits per heavy atom. The number of hydrazine groups is 1. The first-order chi connectivity index (χ1) is 18.3. The number of nitrogens with zero attached hydrogens (tertiary/aromatic N) is 3. The molecule has 2 atom stereocenters. The summed E-state index contributed by atoms with van der Waals surface area (Å²) in [4.78, 5) is 55.3. The van der Waals surface area contributed by atoms with Crippen molar-refractivity contribution in [2.45, 2.75) is 39.0 Å². The van der Waals surface area contributed by atoms with Crippen LogP contribution in [0.5, 0.6) is 0 Å². The Hall–Kier alpha value is -3.52. The van der Waals surface area contributed by atoms with E-state index in [1.165, 1.54) is 19.0 Å². The minimum atomic E-state index is -4.62. The summed E-state index contributed by atoms with van der Waals surface area (Å²) >= 11 is 0.894.